The molecule has 1 aromatic carbocycles. The first-order valence-electron chi connectivity index (χ1n) is 9.13. The highest BCUT2D eigenvalue weighted by molar-refractivity contribution is 5.94. The Morgan fingerprint density at radius 1 is 1.26 bits per heavy atom. The van der Waals surface area contributed by atoms with E-state index in [1.54, 1.807) is 23.9 Å². The summed E-state index contributed by atoms with van der Waals surface area (Å²) in [5.74, 6) is 1.28. The van der Waals surface area contributed by atoms with Crippen LogP contribution in [-0.2, 0) is 0 Å². The number of hydrogen-bond donors (Lipinski definition) is 1. The number of nitrogens with zero attached hydrogens (tertiary/aromatic N) is 4. The van der Waals surface area contributed by atoms with Crippen molar-refractivity contribution in [3.63, 3.8) is 0 Å². The van der Waals surface area contributed by atoms with Gasteiger partial charge in [0.2, 0.25) is 5.88 Å². The van der Waals surface area contributed by atoms with Gasteiger partial charge in [-0.15, -0.1) is 5.10 Å². The second-order valence-corrected chi connectivity index (χ2v) is 6.89. The lowest BCUT2D eigenvalue weighted by Crippen LogP contribution is -2.49. The van der Waals surface area contributed by atoms with Crippen LogP contribution in [0.3, 0.4) is 0 Å². The number of methoxy groups -OCH3 is 1. The van der Waals surface area contributed by atoms with Gasteiger partial charge in [0.1, 0.15) is 11.3 Å². The lowest BCUT2D eigenvalue weighted by Gasteiger charge is -2.33. The summed E-state index contributed by atoms with van der Waals surface area (Å²) in [5.41, 5.74) is 3.63. The molecule has 1 N–H and O–H groups in total. The molecule has 0 radical (unpaired) electrons. The number of imidazole rings is 1. The summed E-state index contributed by atoms with van der Waals surface area (Å²) in [5, 5.41) is 9.08. The molecule has 0 amide bonds. The molecule has 5 rings (SSSR count). The van der Waals surface area contributed by atoms with Gasteiger partial charge in [-0.25, -0.2) is 9.50 Å². The average Bonchev–Trinajstić information content (AvgIpc) is 3.30. The molecule has 1 aliphatic heterocycles. The molecular formula is C20H21N5O2. The van der Waals surface area contributed by atoms with Crippen molar-refractivity contribution in [3.05, 3.63) is 42.6 Å². The quantitative estimate of drug-likeness (QED) is 0.604. The van der Waals surface area contributed by atoms with Crippen LogP contribution in [0.2, 0.25) is 0 Å². The molecule has 0 unspecified atom stereocenters. The molecule has 0 aliphatic carbocycles. The van der Waals surface area contributed by atoms with E-state index in [1.165, 1.54) is 5.69 Å². The van der Waals surface area contributed by atoms with Crippen molar-refractivity contribution in [2.45, 2.75) is 13.0 Å². The maximum Gasteiger partial charge on any atom is 0.231 e. The smallest absolute Gasteiger partial charge is 0.231 e. The molecular weight excluding hydrogens is 342 g/mol. The number of aromatic nitrogens is 3. The fourth-order valence-corrected chi connectivity index (χ4v) is 3.73. The molecule has 0 spiro atoms. The van der Waals surface area contributed by atoms with Gasteiger partial charge in [0.25, 0.3) is 0 Å². The van der Waals surface area contributed by atoms with E-state index in [-0.39, 0.29) is 0 Å². The van der Waals surface area contributed by atoms with Crippen LogP contribution in [0.15, 0.2) is 47.0 Å². The average molecular weight is 363 g/mol. The third kappa shape index (κ3) is 2.71. The number of rotatable bonds is 3. The second kappa shape index (κ2) is 6.28. The minimum absolute atomic E-state index is 0.468. The van der Waals surface area contributed by atoms with Crippen molar-refractivity contribution in [2.24, 2.45) is 0 Å². The highest BCUT2D eigenvalue weighted by Crippen LogP contribution is 2.34. The topological polar surface area (TPSA) is 67.8 Å². The van der Waals surface area contributed by atoms with Crippen molar-refractivity contribution in [3.8, 4) is 17.3 Å². The number of benzene rings is 1. The standard InChI is InChI=1S/C20H21N5O2/c1-13-12-24(9-8-21-13)15-4-3-5-17-14(15)10-18(27-17)16-11-22-19-6-7-20(26-2)23-25(16)19/h3-7,10-11,13,21H,8-9,12H2,1-2H3/t13-/m0/s1. The molecule has 1 fully saturated rings. The van der Waals surface area contributed by atoms with E-state index in [0.717, 1.165) is 47.7 Å². The zero-order valence-corrected chi connectivity index (χ0v) is 15.3. The van der Waals surface area contributed by atoms with E-state index in [0.29, 0.717) is 11.9 Å². The zero-order valence-electron chi connectivity index (χ0n) is 15.3. The summed E-state index contributed by atoms with van der Waals surface area (Å²) < 4.78 is 13.2. The van der Waals surface area contributed by atoms with Crippen molar-refractivity contribution >= 4 is 22.3 Å². The normalized spacial score (nSPS) is 17.7. The molecule has 4 aromatic rings. The van der Waals surface area contributed by atoms with Gasteiger partial charge in [0.05, 0.1) is 13.3 Å². The summed E-state index contributed by atoms with van der Waals surface area (Å²) in [6, 6.07) is 12.5. The maximum absolute atomic E-state index is 6.17. The summed E-state index contributed by atoms with van der Waals surface area (Å²) in [7, 11) is 1.60. The predicted octanol–water partition coefficient (Wildman–Crippen LogP) is 2.95. The Morgan fingerprint density at radius 2 is 2.19 bits per heavy atom. The maximum atomic E-state index is 6.17. The Labute approximate surface area is 156 Å². The van der Waals surface area contributed by atoms with Crippen LogP contribution in [-0.4, -0.2) is 47.4 Å². The minimum Gasteiger partial charge on any atom is -0.480 e. The third-order valence-corrected chi connectivity index (χ3v) is 5.05. The molecule has 0 saturated carbocycles. The Kier molecular flexibility index (Phi) is 3.75. The lowest BCUT2D eigenvalue weighted by molar-refractivity contribution is 0.390. The van der Waals surface area contributed by atoms with E-state index in [2.05, 4.69) is 39.4 Å². The first-order valence-corrected chi connectivity index (χ1v) is 9.13. The number of ether oxygens (including phenoxy) is 1. The molecule has 1 aliphatic rings. The van der Waals surface area contributed by atoms with Gasteiger partial charge in [0, 0.05) is 42.8 Å². The van der Waals surface area contributed by atoms with Crippen LogP contribution in [0.4, 0.5) is 5.69 Å². The number of anilines is 1. The number of hydrogen-bond acceptors (Lipinski definition) is 6. The van der Waals surface area contributed by atoms with Crippen molar-refractivity contribution in [1.82, 2.24) is 19.9 Å². The number of fused-ring (bicyclic) bond motifs is 2. The second-order valence-electron chi connectivity index (χ2n) is 6.89. The third-order valence-electron chi connectivity index (χ3n) is 5.05. The molecule has 7 heteroatoms. The number of piperazine rings is 1. The van der Waals surface area contributed by atoms with E-state index >= 15 is 0 Å². The fraction of sp³-hybridized carbons (Fsp3) is 0.300. The van der Waals surface area contributed by atoms with Crippen LogP contribution >= 0.6 is 0 Å². The summed E-state index contributed by atoms with van der Waals surface area (Å²) in [6.07, 6.45) is 1.78. The van der Waals surface area contributed by atoms with E-state index in [9.17, 15) is 0 Å². The SMILES string of the molecule is COc1ccc2ncc(-c3cc4c(N5CCN[C@@H](C)C5)cccc4o3)n2n1. The van der Waals surface area contributed by atoms with E-state index < -0.39 is 0 Å². The molecule has 4 heterocycles. The van der Waals surface area contributed by atoms with Gasteiger partial charge < -0.3 is 19.4 Å². The summed E-state index contributed by atoms with van der Waals surface area (Å²) in [6.45, 7) is 5.16. The Morgan fingerprint density at radius 3 is 3.04 bits per heavy atom. The van der Waals surface area contributed by atoms with Gasteiger partial charge in [-0.1, -0.05) is 6.07 Å². The Bertz CT molecular complexity index is 1120. The summed E-state index contributed by atoms with van der Waals surface area (Å²) in [4.78, 5) is 6.84. The van der Waals surface area contributed by atoms with Crippen LogP contribution in [0.25, 0.3) is 28.1 Å². The monoisotopic (exact) mass is 363 g/mol. The van der Waals surface area contributed by atoms with Crippen LogP contribution in [0.5, 0.6) is 5.88 Å². The number of nitrogens with one attached hydrogen (secondary N) is 1. The first-order chi connectivity index (χ1) is 13.2. The van der Waals surface area contributed by atoms with Crippen molar-refractivity contribution < 1.29 is 9.15 Å². The number of furan rings is 1. The van der Waals surface area contributed by atoms with E-state index in [4.69, 9.17) is 9.15 Å². The Balaban J connectivity index is 1.62. The van der Waals surface area contributed by atoms with E-state index in [1.807, 2.05) is 18.2 Å². The van der Waals surface area contributed by atoms with Crippen LogP contribution in [0.1, 0.15) is 6.92 Å². The van der Waals surface area contributed by atoms with Crippen molar-refractivity contribution in [1.29, 1.82) is 0 Å². The molecule has 27 heavy (non-hydrogen) atoms. The molecule has 138 valence electrons. The van der Waals surface area contributed by atoms with Gasteiger partial charge in [0.15, 0.2) is 11.4 Å². The molecule has 1 saturated heterocycles. The fourth-order valence-electron chi connectivity index (χ4n) is 3.73. The van der Waals surface area contributed by atoms with Crippen molar-refractivity contribution in [2.75, 3.05) is 31.6 Å². The molecule has 0 bridgehead atoms. The lowest BCUT2D eigenvalue weighted by atomic mass is 10.1. The molecule has 3 aromatic heterocycles. The highest BCUT2D eigenvalue weighted by Gasteiger charge is 2.20. The molecule has 7 nitrogen and oxygen atoms in total. The van der Waals surface area contributed by atoms with Gasteiger partial charge in [-0.2, -0.15) is 0 Å². The van der Waals surface area contributed by atoms with Crippen LogP contribution < -0.4 is 15.0 Å². The Hall–Kier alpha value is -3.06. The predicted molar refractivity (Wildman–Crippen MR) is 104 cm³/mol. The van der Waals surface area contributed by atoms with Gasteiger partial charge in [-0.05, 0) is 31.2 Å². The van der Waals surface area contributed by atoms with Crippen LogP contribution in [0, 0.1) is 0 Å². The largest absolute Gasteiger partial charge is 0.480 e. The zero-order chi connectivity index (χ0) is 18.4. The van der Waals surface area contributed by atoms with Gasteiger partial charge in [-0.3, -0.25) is 0 Å². The highest BCUT2D eigenvalue weighted by atomic mass is 16.5. The summed E-state index contributed by atoms with van der Waals surface area (Å²) >= 11 is 0. The van der Waals surface area contributed by atoms with Gasteiger partial charge >= 0.3 is 0 Å². The first kappa shape index (κ1) is 16.1. The minimum atomic E-state index is 0.468. The molecule has 1 atom stereocenters.